The van der Waals surface area contributed by atoms with E-state index in [0.29, 0.717) is 5.69 Å². The third-order valence-electron chi connectivity index (χ3n) is 2.07. The molecule has 4 N–H and O–H groups in total. The topological polar surface area (TPSA) is 86.2 Å². The van der Waals surface area contributed by atoms with Crippen LogP contribution in [0.25, 0.3) is 0 Å². The van der Waals surface area contributed by atoms with Gasteiger partial charge >= 0.3 is 0 Å². The Hall–Kier alpha value is -0.720. The van der Waals surface area contributed by atoms with Gasteiger partial charge in [0, 0.05) is 10.6 Å². The summed E-state index contributed by atoms with van der Waals surface area (Å²) in [6.07, 6.45) is 2.17. The summed E-state index contributed by atoms with van der Waals surface area (Å²) < 4.78 is 22.3. The molecule has 1 rings (SSSR count). The van der Waals surface area contributed by atoms with Crippen LogP contribution in [0.1, 0.15) is 19.8 Å². The van der Waals surface area contributed by atoms with Crippen molar-refractivity contribution >= 4 is 27.5 Å². The SMILES string of the molecule is CCCCSc1cc(S(N)(=O)=O)ccc1N. The maximum absolute atomic E-state index is 11.2. The van der Waals surface area contributed by atoms with E-state index in [4.69, 9.17) is 10.9 Å². The van der Waals surface area contributed by atoms with Crippen molar-refractivity contribution in [3.05, 3.63) is 18.2 Å². The van der Waals surface area contributed by atoms with Crippen molar-refractivity contribution in [2.24, 2.45) is 5.14 Å². The van der Waals surface area contributed by atoms with Crippen molar-refractivity contribution in [2.75, 3.05) is 11.5 Å². The molecule has 1 aromatic rings. The summed E-state index contributed by atoms with van der Waals surface area (Å²) in [5.41, 5.74) is 6.35. The van der Waals surface area contributed by atoms with E-state index in [2.05, 4.69) is 6.92 Å². The zero-order valence-electron chi connectivity index (χ0n) is 9.14. The van der Waals surface area contributed by atoms with Gasteiger partial charge in [-0.05, 0) is 30.4 Å². The van der Waals surface area contributed by atoms with Gasteiger partial charge in [-0.1, -0.05) is 13.3 Å². The highest BCUT2D eigenvalue weighted by atomic mass is 32.2. The van der Waals surface area contributed by atoms with Gasteiger partial charge in [0.1, 0.15) is 0 Å². The fourth-order valence-corrected chi connectivity index (χ4v) is 2.86. The molecular formula is C10H16N2O2S2. The van der Waals surface area contributed by atoms with Crippen LogP contribution in [0.5, 0.6) is 0 Å². The van der Waals surface area contributed by atoms with Crippen molar-refractivity contribution in [1.29, 1.82) is 0 Å². The van der Waals surface area contributed by atoms with Crippen molar-refractivity contribution in [2.45, 2.75) is 29.6 Å². The zero-order valence-corrected chi connectivity index (χ0v) is 10.8. The lowest BCUT2D eigenvalue weighted by atomic mass is 10.3. The monoisotopic (exact) mass is 260 g/mol. The minimum Gasteiger partial charge on any atom is -0.398 e. The molecule has 0 aliphatic heterocycles. The van der Waals surface area contributed by atoms with Crippen molar-refractivity contribution < 1.29 is 8.42 Å². The summed E-state index contributed by atoms with van der Waals surface area (Å²) in [6, 6.07) is 4.54. The zero-order chi connectivity index (χ0) is 12.2. The van der Waals surface area contributed by atoms with E-state index >= 15 is 0 Å². The van der Waals surface area contributed by atoms with E-state index in [0.717, 1.165) is 23.5 Å². The Morgan fingerprint density at radius 3 is 2.62 bits per heavy atom. The first kappa shape index (κ1) is 13.3. The molecule has 0 unspecified atom stereocenters. The minimum atomic E-state index is -3.64. The summed E-state index contributed by atoms with van der Waals surface area (Å²) in [7, 11) is -3.64. The normalized spacial score (nSPS) is 11.6. The molecule has 0 fully saturated rings. The molecule has 6 heteroatoms. The molecule has 0 saturated heterocycles. The molecule has 0 aromatic heterocycles. The molecule has 16 heavy (non-hydrogen) atoms. The van der Waals surface area contributed by atoms with Crippen LogP contribution in [0.2, 0.25) is 0 Å². The summed E-state index contributed by atoms with van der Waals surface area (Å²) in [6.45, 7) is 2.10. The van der Waals surface area contributed by atoms with Crippen LogP contribution < -0.4 is 10.9 Å². The second-order valence-electron chi connectivity index (χ2n) is 3.45. The van der Waals surface area contributed by atoms with Crippen LogP contribution in [-0.4, -0.2) is 14.2 Å². The summed E-state index contributed by atoms with van der Waals surface area (Å²) in [5, 5.41) is 5.05. The third-order valence-corrected chi connectivity index (χ3v) is 4.14. The molecule has 0 amide bonds. The lowest BCUT2D eigenvalue weighted by Gasteiger charge is -2.06. The molecule has 0 aliphatic carbocycles. The number of anilines is 1. The molecule has 90 valence electrons. The van der Waals surface area contributed by atoms with Gasteiger partial charge < -0.3 is 5.73 Å². The predicted octanol–water partition coefficient (Wildman–Crippen LogP) is 1.81. The first-order chi connectivity index (χ1) is 7.45. The number of benzene rings is 1. The van der Waals surface area contributed by atoms with Gasteiger partial charge in [0.2, 0.25) is 10.0 Å². The lowest BCUT2D eigenvalue weighted by Crippen LogP contribution is -2.12. The predicted molar refractivity (Wildman–Crippen MR) is 67.9 cm³/mol. The van der Waals surface area contributed by atoms with E-state index in [1.54, 1.807) is 17.8 Å². The summed E-state index contributed by atoms with van der Waals surface area (Å²) in [5.74, 6) is 0.925. The fourth-order valence-electron chi connectivity index (χ4n) is 1.14. The lowest BCUT2D eigenvalue weighted by molar-refractivity contribution is 0.597. The smallest absolute Gasteiger partial charge is 0.238 e. The second-order valence-corrected chi connectivity index (χ2v) is 6.14. The Morgan fingerprint density at radius 2 is 2.06 bits per heavy atom. The van der Waals surface area contributed by atoms with Crippen LogP contribution in [0.4, 0.5) is 5.69 Å². The maximum Gasteiger partial charge on any atom is 0.238 e. The van der Waals surface area contributed by atoms with E-state index in [-0.39, 0.29) is 4.90 Å². The first-order valence-electron chi connectivity index (χ1n) is 5.00. The Balaban J connectivity index is 2.91. The minimum absolute atomic E-state index is 0.112. The number of rotatable bonds is 5. The molecule has 0 atom stereocenters. The van der Waals surface area contributed by atoms with E-state index in [9.17, 15) is 8.42 Å². The molecule has 0 radical (unpaired) electrons. The van der Waals surface area contributed by atoms with E-state index in [1.165, 1.54) is 12.1 Å². The van der Waals surface area contributed by atoms with Crippen molar-refractivity contribution in [3.8, 4) is 0 Å². The Bertz CT molecular complexity index is 458. The van der Waals surface area contributed by atoms with E-state index < -0.39 is 10.0 Å². The number of primary sulfonamides is 1. The van der Waals surface area contributed by atoms with Gasteiger partial charge in [-0.25, -0.2) is 13.6 Å². The molecule has 0 aliphatic rings. The van der Waals surface area contributed by atoms with Crippen LogP contribution >= 0.6 is 11.8 Å². The molecule has 1 aromatic carbocycles. The van der Waals surface area contributed by atoms with Gasteiger partial charge in [-0.15, -0.1) is 11.8 Å². The molecule has 4 nitrogen and oxygen atoms in total. The quantitative estimate of drug-likeness (QED) is 0.480. The highest BCUT2D eigenvalue weighted by molar-refractivity contribution is 7.99. The average molecular weight is 260 g/mol. The number of hydrogen-bond donors (Lipinski definition) is 2. The third kappa shape index (κ3) is 3.70. The second kappa shape index (κ2) is 5.56. The van der Waals surface area contributed by atoms with Gasteiger partial charge in [-0.2, -0.15) is 0 Å². The van der Waals surface area contributed by atoms with Gasteiger partial charge in [0.05, 0.1) is 4.90 Å². The largest absolute Gasteiger partial charge is 0.398 e. The molecule has 0 spiro atoms. The van der Waals surface area contributed by atoms with E-state index in [1.807, 2.05) is 0 Å². The first-order valence-corrected chi connectivity index (χ1v) is 7.53. The fraction of sp³-hybridized carbons (Fsp3) is 0.400. The van der Waals surface area contributed by atoms with Crippen LogP contribution in [0.3, 0.4) is 0 Å². The van der Waals surface area contributed by atoms with Gasteiger partial charge in [-0.3, -0.25) is 0 Å². The Labute approximate surface area is 100 Å². The molecular weight excluding hydrogens is 244 g/mol. The number of sulfonamides is 1. The van der Waals surface area contributed by atoms with Crippen LogP contribution in [-0.2, 0) is 10.0 Å². The van der Waals surface area contributed by atoms with Crippen molar-refractivity contribution in [1.82, 2.24) is 0 Å². The number of hydrogen-bond acceptors (Lipinski definition) is 4. The average Bonchev–Trinajstić information content (AvgIpc) is 2.19. The number of nitrogen functional groups attached to an aromatic ring is 1. The van der Waals surface area contributed by atoms with Gasteiger partial charge in [0.15, 0.2) is 0 Å². The summed E-state index contributed by atoms with van der Waals surface area (Å²) in [4.78, 5) is 0.890. The Kier molecular flexibility index (Phi) is 4.64. The molecule has 0 bridgehead atoms. The summed E-state index contributed by atoms with van der Waals surface area (Å²) >= 11 is 1.56. The molecule has 0 saturated carbocycles. The maximum atomic E-state index is 11.2. The number of thioether (sulfide) groups is 1. The number of nitrogens with two attached hydrogens (primary N) is 2. The molecule has 0 heterocycles. The van der Waals surface area contributed by atoms with Gasteiger partial charge in [0.25, 0.3) is 0 Å². The highest BCUT2D eigenvalue weighted by Gasteiger charge is 2.10. The highest BCUT2D eigenvalue weighted by Crippen LogP contribution is 2.28. The van der Waals surface area contributed by atoms with Crippen LogP contribution in [0, 0.1) is 0 Å². The number of unbranched alkanes of at least 4 members (excludes halogenated alkanes) is 1. The van der Waals surface area contributed by atoms with Crippen LogP contribution in [0.15, 0.2) is 28.0 Å². The Morgan fingerprint density at radius 1 is 1.38 bits per heavy atom. The van der Waals surface area contributed by atoms with Crippen molar-refractivity contribution in [3.63, 3.8) is 0 Å². The standard InChI is InChI=1S/C10H16N2O2S2/c1-2-3-6-15-10-7-8(16(12,13)14)4-5-9(10)11/h4-5,7H,2-3,6,11H2,1H3,(H2,12,13,14).